The van der Waals surface area contributed by atoms with Crippen LogP contribution in [0.15, 0.2) is 89.7 Å². The van der Waals surface area contributed by atoms with E-state index < -0.39 is 38.0 Å². The third-order valence-electron chi connectivity index (χ3n) is 18.4. The molecule has 6 aromatic rings. The van der Waals surface area contributed by atoms with Gasteiger partial charge in [0.25, 0.3) is 0 Å². The summed E-state index contributed by atoms with van der Waals surface area (Å²) in [5, 5.41) is 0. The molecule has 0 radical (unpaired) electrons. The summed E-state index contributed by atoms with van der Waals surface area (Å²) in [6.45, 7) is 18.7. The van der Waals surface area contributed by atoms with Crippen LogP contribution in [-0.4, -0.2) is 124 Å². The zero-order valence-electron chi connectivity index (χ0n) is 51.2. The molecule has 13 rings (SSSR count). The van der Waals surface area contributed by atoms with Crippen molar-refractivity contribution in [2.45, 2.75) is 104 Å². The first-order valence-electron chi connectivity index (χ1n) is 29.8. The molecule has 7 aliphatic rings. The van der Waals surface area contributed by atoms with Crippen molar-refractivity contribution in [2.24, 2.45) is 35.5 Å². The van der Waals surface area contributed by atoms with Crippen LogP contribution in [0, 0.1) is 61.0 Å². The number of carbonyl (C=O) groups excluding carboxylic acids is 2. The lowest BCUT2D eigenvalue weighted by Gasteiger charge is -2.40. The molecule has 3 saturated heterocycles. The maximum absolute atomic E-state index is 14.7. The highest BCUT2D eigenvalue weighted by molar-refractivity contribution is 9.10. The predicted octanol–water partition coefficient (Wildman–Crippen LogP) is 9.31. The lowest BCUT2D eigenvalue weighted by Crippen LogP contribution is -2.49. The average Bonchev–Trinajstić information content (AvgIpc) is 1.59. The van der Waals surface area contributed by atoms with Crippen LogP contribution < -0.4 is 24.7 Å². The normalized spacial score (nSPS) is 22.5. The number of anilines is 2. The first-order chi connectivity index (χ1) is 41.5. The number of hydrogen-bond donors (Lipinski definition) is 0. The number of benzene rings is 2. The Morgan fingerprint density at radius 1 is 0.682 bits per heavy atom. The maximum Gasteiger partial charge on any atom is 0.494 e. The van der Waals surface area contributed by atoms with Gasteiger partial charge in [0, 0.05) is 114 Å². The molecule has 4 aliphatic carbocycles. The number of nitrogens with zero attached hydrogens (tertiary/aromatic N) is 6. The Labute approximate surface area is 522 Å². The molecule has 0 bridgehead atoms. The van der Waals surface area contributed by atoms with E-state index in [2.05, 4.69) is 40.7 Å². The smallest absolute Gasteiger partial charge is 0.473 e. The van der Waals surface area contributed by atoms with E-state index in [1.54, 1.807) is 37.4 Å². The summed E-state index contributed by atoms with van der Waals surface area (Å²) in [5.74, 6) is 4.23. The second-order valence-corrected chi connectivity index (χ2v) is 31.0. The van der Waals surface area contributed by atoms with E-state index in [1.807, 2.05) is 91.1 Å². The van der Waals surface area contributed by atoms with Crippen LogP contribution in [-0.2, 0) is 69.4 Å². The molecule has 0 unspecified atom stereocenters. The summed E-state index contributed by atoms with van der Waals surface area (Å²) in [5.41, 5.74) is 8.72. The van der Waals surface area contributed by atoms with E-state index >= 15 is 0 Å². The van der Waals surface area contributed by atoms with Crippen molar-refractivity contribution in [3.05, 3.63) is 146 Å². The number of carbonyl (C=O) groups is 2. The monoisotopic (exact) mass is 1310 g/mol. The van der Waals surface area contributed by atoms with Gasteiger partial charge in [0.2, 0.25) is 11.8 Å². The van der Waals surface area contributed by atoms with Crippen molar-refractivity contribution in [3.63, 3.8) is 0 Å². The molecular formula is C65H74BBrF2N6O11S2. The molecule has 0 N–H and O–H groups in total. The van der Waals surface area contributed by atoms with Gasteiger partial charge in [-0.25, -0.2) is 45.6 Å². The second kappa shape index (κ2) is 24.4. The average molecular weight is 1310 g/mol. The van der Waals surface area contributed by atoms with Gasteiger partial charge in [-0.05, 0) is 178 Å². The standard InChI is InChI=1S/C29H30FN3O4S.C25H29BFNO5.C11H15BrN2O2S/c1-16-22(5-7-26(32-16)33-12-18(13-33)15-38(3,35)36)19-4-6-25(30)21(8-19)14-37-27-10-20-9-23-28(17(2)34)29(23)24(20)11-31-27;1-6-30-23(29)22-17-10-14-11-20(28-12-18(14)21(17)22)31-13-15-9-16(7-8-19(15)27)26-32-24(2,3)25(4,5)33-26;1-8-10(12)3-4-11(13-8)14-5-9(6-14)7-17(2,15)16/h4-8,10-11,18,23,28-29H,9,12-15H2,1-3H3;7-9,11-12,17,21-22H,6,10,13H2,1-5H3;3-4,9H,5-7H2,1-2H3/t23-,28-,29+;17-,21-,22+;/m01./s1. The maximum atomic E-state index is 14.7. The summed E-state index contributed by atoms with van der Waals surface area (Å²) < 4.78 is 105. The molecule has 2 aromatic carbocycles. The van der Waals surface area contributed by atoms with Gasteiger partial charge in [-0.2, -0.15) is 0 Å². The van der Waals surface area contributed by atoms with E-state index in [0.29, 0.717) is 60.3 Å². The largest absolute Gasteiger partial charge is 0.494 e. The minimum atomic E-state index is -2.98. The Balaban J connectivity index is 0.000000146. The summed E-state index contributed by atoms with van der Waals surface area (Å²) in [7, 11) is -6.40. The molecule has 466 valence electrons. The number of esters is 1. The molecule has 0 spiro atoms. The van der Waals surface area contributed by atoms with Crippen LogP contribution in [0.5, 0.6) is 11.8 Å². The van der Waals surface area contributed by atoms with E-state index in [1.165, 1.54) is 30.2 Å². The van der Waals surface area contributed by atoms with Crippen molar-refractivity contribution >= 4 is 71.6 Å². The minimum absolute atomic E-state index is 0.0437. The van der Waals surface area contributed by atoms with Gasteiger partial charge in [0.15, 0.2) is 0 Å². The Kier molecular flexibility index (Phi) is 17.5. The highest BCUT2D eigenvalue weighted by atomic mass is 79.9. The number of aromatic nitrogens is 4. The van der Waals surface area contributed by atoms with Crippen molar-refractivity contribution in [1.82, 2.24) is 19.9 Å². The number of sulfone groups is 2. The topological polar surface area (TPSA) is 207 Å². The Morgan fingerprint density at radius 3 is 1.67 bits per heavy atom. The van der Waals surface area contributed by atoms with Gasteiger partial charge in [-0.1, -0.05) is 18.2 Å². The minimum Gasteiger partial charge on any atom is -0.473 e. The third kappa shape index (κ3) is 13.7. The number of ether oxygens (including phenoxy) is 3. The number of hydrogen-bond acceptors (Lipinski definition) is 17. The van der Waals surface area contributed by atoms with E-state index in [0.717, 1.165) is 86.7 Å². The van der Waals surface area contributed by atoms with Crippen LogP contribution in [0.2, 0.25) is 0 Å². The Morgan fingerprint density at radius 2 is 1.17 bits per heavy atom. The molecular weight excluding hydrogens is 1230 g/mol. The number of Topliss-reactive ketones (excluding diaryl/α,β-unsaturated/α-hetero) is 1. The van der Waals surface area contributed by atoms with E-state index in [9.17, 15) is 35.2 Å². The van der Waals surface area contributed by atoms with Crippen LogP contribution in [0.3, 0.4) is 0 Å². The van der Waals surface area contributed by atoms with Crippen molar-refractivity contribution in [2.75, 3.05) is 66.6 Å². The van der Waals surface area contributed by atoms with Crippen molar-refractivity contribution in [3.8, 4) is 22.9 Å². The number of ketones is 1. The highest BCUT2D eigenvalue weighted by Gasteiger charge is 2.61. The summed E-state index contributed by atoms with van der Waals surface area (Å²) in [6.07, 6.45) is 7.83. The van der Waals surface area contributed by atoms with Crippen molar-refractivity contribution < 1.29 is 58.7 Å². The van der Waals surface area contributed by atoms with Gasteiger partial charge in [-0.15, -0.1) is 0 Å². The number of rotatable bonds is 17. The zero-order chi connectivity index (χ0) is 62.9. The van der Waals surface area contributed by atoms with Gasteiger partial charge in [-0.3, -0.25) is 9.59 Å². The molecule has 23 heteroatoms. The summed E-state index contributed by atoms with van der Waals surface area (Å²) in [6, 6.07) is 21.4. The van der Waals surface area contributed by atoms with E-state index in [-0.39, 0.29) is 77.7 Å². The van der Waals surface area contributed by atoms with Crippen LogP contribution in [0.25, 0.3) is 11.1 Å². The molecule has 7 heterocycles. The number of fused-ring (bicyclic) bond motifs is 6. The van der Waals surface area contributed by atoms with Gasteiger partial charge >= 0.3 is 13.1 Å². The first-order valence-corrected chi connectivity index (χ1v) is 34.7. The molecule has 17 nitrogen and oxygen atoms in total. The van der Waals surface area contributed by atoms with Gasteiger partial charge in [0.1, 0.15) is 61.9 Å². The number of aryl methyl sites for hydroxylation is 2. The van der Waals surface area contributed by atoms with Crippen LogP contribution in [0.1, 0.15) is 98.1 Å². The molecule has 0 amide bonds. The molecule has 88 heavy (non-hydrogen) atoms. The number of pyridine rings is 4. The lowest BCUT2D eigenvalue weighted by molar-refractivity contribution is -0.145. The number of halogens is 3. The first kappa shape index (κ1) is 63.2. The highest BCUT2D eigenvalue weighted by Crippen LogP contribution is 2.63. The van der Waals surface area contributed by atoms with Crippen molar-refractivity contribution in [1.29, 1.82) is 0 Å². The predicted molar refractivity (Wildman–Crippen MR) is 335 cm³/mol. The molecule has 4 aromatic heterocycles. The van der Waals surface area contributed by atoms with Crippen LogP contribution in [0.4, 0.5) is 20.4 Å². The third-order valence-corrected chi connectivity index (χ3v) is 21.4. The van der Waals surface area contributed by atoms with Gasteiger partial charge in [0.05, 0.1) is 40.9 Å². The van der Waals surface area contributed by atoms with E-state index in [4.69, 9.17) is 28.5 Å². The van der Waals surface area contributed by atoms with Gasteiger partial charge < -0.3 is 33.3 Å². The second-order valence-electron chi connectivity index (χ2n) is 25.7. The molecule has 6 atom stereocenters. The zero-order valence-corrected chi connectivity index (χ0v) is 54.4. The van der Waals surface area contributed by atoms with Crippen LogP contribution >= 0.6 is 15.9 Å². The fraction of sp³-hybridized carbons (Fsp3) is 0.477. The SMILES string of the molecule is CC(=O)[C@H]1[C@@H]2Cc3cc(OCc4cc(-c5ccc(N6CC(CS(C)(=O)=O)C6)nc5C)ccc4F)ncc3[C@@H]21.CCOC(=O)[C@H]1[C@@H]2Cc3cc(OCc4cc(B5OC(C)(C)C(C)(C)O5)ccc4F)ncc3[C@@H]21.Cc1nc(N2CC(CS(C)(=O)=O)C2)ccc1Br. The Hall–Kier alpha value is -6.40. The summed E-state index contributed by atoms with van der Waals surface area (Å²) >= 11 is 3.41. The molecule has 5 fully saturated rings. The molecule has 2 saturated carbocycles. The molecule has 3 aliphatic heterocycles. The Bertz CT molecular complexity index is 3930. The lowest BCUT2D eigenvalue weighted by atomic mass is 9.78. The quantitative estimate of drug-likeness (QED) is 0.0616. The fourth-order valence-corrected chi connectivity index (χ4v) is 15.5. The summed E-state index contributed by atoms with van der Waals surface area (Å²) in [4.78, 5) is 46.0. The fourth-order valence-electron chi connectivity index (χ4n) is 13.1.